The average Bonchev–Trinajstić information content (AvgIpc) is 2.42. The van der Waals surface area contributed by atoms with E-state index >= 15 is 0 Å². The summed E-state index contributed by atoms with van der Waals surface area (Å²) >= 11 is 6.00. The van der Waals surface area contributed by atoms with Gasteiger partial charge in [-0.15, -0.1) is 0 Å². The second-order valence-electron chi connectivity index (χ2n) is 5.47. The zero-order chi connectivity index (χ0) is 15.2. The van der Waals surface area contributed by atoms with Gasteiger partial charge in [0.15, 0.2) is 0 Å². The van der Waals surface area contributed by atoms with E-state index < -0.39 is 0 Å². The quantitative estimate of drug-likeness (QED) is 0.810. The van der Waals surface area contributed by atoms with Crippen LogP contribution < -0.4 is 11.1 Å². The molecule has 112 valence electrons. The number of benzene rings is 1. The third-order valence-corrected chi connectivity index (χ3v) is 3.58. The maximum Gasteiger partial charge on any atom is 0.222 e. The van der Waals surface area contributed by atoms with Gasteiger partial charge in [-0.3, -0.25) is 4.79 Å². The van der Waals surface area contributed by atoms with E-state index in [0.717, 1.165) is 5.56 Å². The molecule has 3 N–H and O–H groups in total. The van der Waals surface area contributed by atoms with Crippen LogP contribution in [0, 0.1) is 0 Å². The molecule has 0 saturated heterocycles. The van der Waals surface area contributed by atoms with Crippen LogP contribution >= 0.6 is 11.6 Å². The number of carbonyl (C=O) groups excluding carboxylic acids is 1. The minimum Gasteiger partial charge on any atom is -0.380 e. The third-order valence-electron chi connectivity index (χ3n) is 3.34. The fourth-order valence-corrected chi connectivity index (χ4v) is 2.06. The van der Waals surface area contributed by atoms with Crippen LogP contribution in [0.15, 0.2) is 24.3 Å². The summed E-state index contributed by atoms with van der Waals surface area (Å²) < 4.78 is 5.10. The van der Waals surface area contributed by atoms with Gasteiger partial charge in [-0.05, 0) is 17.7 Å². The van der Waals surface area contributed by atoms with E-state index in [-0.39, 0.29) is 23.8 Å². The Morgan fingerprint density at radius 3 is 2.75 bits per heavy atom. The van der Waals surface area contributed by atoms with Gasteiger partial charge in [-0.1, -0.05) is 37.6 Å². The molecule has 1 aromatic rings. The smallest absolute Gasteiger partial charge is 0.222 e. The molecule has 0 aliphatic heterocycles. The van der Waals surface area contributed by atoms with Crippen molar-refractivity contribution in [1.29, 1.82) is 0 Å². The van der Waals surface area contributed by atoms with Crippen molar-refractivity contribution in [3.05, 3.63) is 34.9 Å². The van der Waals surface area contributed by atoms with Crippen LogP contribution in [0.3, 0.4) is 0 Å². The highest BCUT2D eigenvalue weighted by Gasteiger charge is 2.22. The molecule has 0 aromatic heterocycles. The number of rotatable bonds is 7. The topological polar surface area (TPSA) is 64.3 Å². The van der Waals surface area contributed by atoms with Gasteiger partial charge in [-0.2, -0.15) is 0 Å². The minimum absolute atomic E-state index is 0.0580. The van der Waals surface area contributed by atoms with Crippen molar-refractivity contribution in [2.75, 3.05) is 20.2 Å². The summed E-state index contributed by atoms with van der Waals surface area (Å²) in [5.74, 6) is -0.0580. The van der Waals surface area contributed by atoms with Crippen LogP contribution in [-0.4, -0.2) is 32.2 Å². The van der Waals surface area contributed by atoms with Gasteiger partial charge >= 0.3 is 0 Å². The van der Waals surface area contributed by atoms with Crippen LogP contribution in [-0.2, 0) is 14.9 Å². The van der Waals surface area contributed by atoms with Crippen molar-refractivity contribution in [2.45, 2.75) is 31.8 Å². The Morgan fingerprint density at radius 2 is 2.20 bits per heavy atom. The molecule has 4 nitrogen and oxygen atoms in total. The van der Waals surface area contributed by atoms with Gasteiger partial charge in [0.1, 0.15) is 0 Å². The van der Waals surface area contributed by atoms with Crippen molar-refractivity contribution >= 4 is 17.5 Å². The normalized spacial score (nSPS) is 13.1. The summed E-state index contributed by atoms with van der Waals surface area (Å²) in [7, 11) is 1.56. The summed E-state index contributed by atoms with van der Waals surface area (Å²) in [5.41, 5.74) is 6.40. The van der Waals surface area contributed by atoms with Crippen LogP contribution in [0.1, 0.15) is 25.8 Å². The third kappa shape index (κ3) is 5.12. The van der Waals surface area contributed by atoms with E-state index in [1.54, 1.807) is 7.11 Å². The van der Waals surface area contributed by atoms with Gasteiger partial charge in [0, 0.05) is 30.6 Å². The predicted octanol–water partition coefficient (Wildman–Crippen LogP) is 2.10. The largest absolute Gasteiger partial charge is 0.380 e. The van der Waals surface area contributed by atoms with Crippen molar-refractivity contribution in [2.24, 2.45) is 5.73 Å². The first-order chi connectivity index (χ1) is 9.39. The first kappa shape index (κ1) is 17.0. The summed E-state index contributed by atoms with van der Waals surface area (Å²) in [6.07, 6.45) is 0.0443. The first-order valence-electron chi connectivity index (χ1n) is 6.64. The zero-order valence-corrected chi connectivity index (χ0v) is 13.0. The molecule has 1 aromatic carbocycles. The minimum atomic E-state index is -0.232. The standard InChI is InChI=1S/C15H23ClN2O2/c1-15(2,11-5-4-6-12(16)7-11)10-18-14(19)8-13(9-17)20-3/h4-7,13H,8-10,17H2,1-3H3,(H,18,19). The van der Waals surface area contributed by atoms with Gasteiger partial charge in [0.25, 0.3) is 0 Å². The number of hydrogen-bond acceptors (Lipinski definition) is 3. The Balaban J connectivity index is 2.57. The predicted molar refractivity (Wildman–Crippen MR) is 82.0 cm³/mol. The number of amides is 1. The van der Waals surface area contributed by atoms with E-state index in [1.165, 1.54) is 0 Å². The van der Waals surface area contributed by atoms with E-state index in [1.807, 2.05) is 24.3 Å². The summed E-state index contributed by atoms with van der Waals surface area (Å²) in [6.45, 7) is 5.00. The Bertz CT molecular complexity index is 445. The SMILES string of the molecule is COC(CN)CC(=O)NCC(C)(C)c1cccc(Cl)c1. The fraction of sp³-hybridized carbons (Fsp3) is 0.533. The molecule has 0 bridgehead atoms. The number of halogens is 1. The highest BCUT2D eigenvalue weighted by atomic mass is 35.5. The Kier molecular flexibility index (Phi) is 6.46. The number of carbonyl (C=O) groups is 1. The van der Waals surface area contributed by atoms with E-state index in [2.05, 4.69) is 19.2 Å². The fourth-order valence-electron chi connectivity index (χ4n) is 1.87. The second kappa shape index (κ2) is 7.62. The highest BCUT2D eigenvalue weighted by molar-refractivity contribution is 6.30. The molecule has 0 saturated carbocycles. The van der Waals surface area contributed by atoms with E-state index in [9.17, 15) is 4.79 Å². The number of ether oxygens (including phenoxy) is 1. The molecule has 1 atom stereocenters. The molecule has 0 aliphatic carbocycles. The summed E-state index contributed by atoms with van der Waals surface area (Å²) in [4.78, 5) is 11.8. The van der Waals surface area contributed by atoms with Gasteiger partial charge in [0.2, 0.25) is 5.91 Å². The van der Waals surface area contributed by atoms with Crippen molar-refractivity contribution in [3.8, 4) is 0 Å². The lowest BCUT2D eigenvalue weighted by Crippen LogP contribution is -2.39. The summed E-state index contributed by atoms with van der Waals surface area (Å²) in [5, 5.41) is 3.62. The van der Waals surface area contributed by atoms with Crippen molar-refractivity contribution in [1.82, 2.24) is 5.32 Å². The molecule has 1 unspecified atom stereocenters. The molecule has 1 rings (SSSR count). The molecule has 20 heavy (non-hydrogen) atoms. The van der Waals surface area contributed by atoms with Crippen LogP contribution in [0.5, 0.6) is 0 Å². The Hall–Kier alpha value is -1.10. The molecular weight excluding hydrogens is 276 g/mol. The highest BCUT2D eigenvalue weighted by Crippen LogP contribution is 2.24. The maximum atomic E-state index is 11.8. The lowest BCUT2D eigenvalue weighted by atomic mass is 9.84. The number of methoxy groups -OCH3 is 1. The zero-order valence-electron chi connectivity index (χ0n) is 12.3. The van der Waals surface area contributed by atoms with Gasteiger partial charge in [0.05, 0.1) is 12.5 Å². The molecule has 0 aliphatic rings. The van der Waals surface area contributed by atoms with Gasteiger partial charge < -0.3 is 15.8 Å². The molecular formula is C15H23ClN2O2. The van der Waals surface area contributed by atoms with Crippen LogP contribution in [0.25, 0.3) is 0 Å². The Morgan fingerprint density at radius 1 is 1.50 bits per heavy atom. The molecule has 0 spiro atoms. The van der Waals surface area contributed by atoms with E-state index in [4.69, 9.17) is 22.1 Å². The number of hydrogen-bond donors (Lipinski definition) is 2. The van der Waals surface area contributed by atoms with Crippen LogP contribution in [0.2, 0.25) is 5.02 Å². The monoisotopic (exact) mass is 298 g/mol. The van der Waals surface area contributed by atoms with Crippen LogP contribution in [0.4, 0.5) is 0 Å². The lowest BCUT2D eigenvalue weighted by molar-refractivity contribution is -0.123. The number of nitrogens with one attached hydrogen (secondary N) is 1. The molecule has 0 radical (unpaired) electrons. The average molecular weight is 299 g/mol. The first-order valence-corrected chi connectivity index (χ1v) is 7.02. The van der Waals surface area contributed by atoms with Gasteiger partial charge in [-0.25, -0.2) is 0 Å². The summed E-state index contributed by atoms with van der Waals surface area (Å²) in [6, 6.07) is 7.68. The van der Waals surface area contributed by atoms with E-state index in [0.29, 0.717) is 18.1 Å². The lowest BCUT2D eigenvalue weighted by Gasteiger charge is -2.26. The van der Waals surface area contributed by atoms with Crippen molar-refractivity contribution < 1.29 is 9.53 Å². The molecule has 0 heterocycles. The maximum absolute atomic E-state index is 11.8. The number of nitrogens with two attached hydrogens (primary N) is 1. The molecule has 0 fully saturated rings. The van der Waals surface area contributed by atoms with Crippen molar-refractivity contribution in [3.63, 3.8) is 0 Å². The Labute approximate surface area is 125 Å². The molecule has 1 amide bonds. The molecule has 5 heteroatoms. The second-order valence-corrected chi connectivity index (χ2v) is 5.90.